The summed E-state index contributed by atoms with van der Waals surface area (Å²) in [6.07, 6.45) is 2.00. The van der Waals surface area contributed by atoms with Crippen LogP contribution in [0.5, 0.6) is 0 Å². The number of fused-ring (bicyclic) bond motifs is 1. The number of hydrogen-bond acceptors (Lipinski definition) is 3. The Morgan fingerprint density at radius 2 is 1.69 bits per heavy atom. The van der Waals surface area contributed by atoms with E-state index in [0.29, 0.717) is 37.6 Å². The number of quaternary nitrogens is 1. The lowest BCUT2D eigenvalue weighted by molar-refractivity contribution is -0.895. The van der Waals surface area contributed by atoms with Crippen molar-refractivity contribution in [3.63, 3.8) is 0 Å². The Balaban J connectivity index is 1.37. The van der Waals surface area contributed by atoms with E-state index >= 15 is 0 Å². The number of anilines is 1. The molecular formula is C22H28N3O3S+. The molecule has 0 saturated carbocycles. The van der Waals surface area contributed by atoms with E-state index in [1.54, 1.807) is 16.4 Å². The number of carbonyl (C=O) groups excluding carboxylic acids is 1. The third-order valence-electron chi connectivity index (χ3n) is 5.90. The number of benzene rings is 2. The number of nitrogens with zero attached hydrogens (tertiary/aromatic N) is 2. The molecule has 6 nitrogen and oxygen atoms in total. The molecular weight excluding hydrogens is 386 g/mol. The molecule has 1 N–H and O–H groups in total. The van der Waals surface area contributed by atoms with E-state index in [0.717, 1.165) is 35.5 Å². The predicted molar refractivity (Wildman–Crippen MR) is 113 cm³/mol. The van der Waals surface area contributed by atoms with Crippen LogP contribution in [-0.4, -0.2) is 57.9 Å². The van der Waals surface area contributed by atoms with Gasteiger partial charge in [0.2, 0.25) is 10.0 Å². The number of rotatable bonds is 4. The molecule has 0 aliphatic carbocycles. The quantitative estimate of drug-likeness (QED) is 0.807. The highest BCUT2D eigenvalue weighted by atomic mass is 32.2. The van der Waals surface area contributed by atoms with Crippen molar-refractivity contribution < 1.29 is 18.1 Å². The molecule has 1 saturated heterocycles. The molecule has 0 unspecified atom stereocenters. The first kappa shape index (κ1) is 20.1. The Morgan fingerprint density at radius 1 is 1.00 bits per heavy atom. The fourth-order valence-corrected chi connectivity index (χ4v) is 5.62. The molecule has 2 heterocycles. The van der Waals surface area contributed by atoms with Gasteiger partial charge in [0, 0.05) is 12.2 Å². The summed E-state index contributed by atoms with van der Waals surface area (Å²) in [5.74, 6) is 0.127. The number of amides is 1. The third kappa shape index (κ3) is 4.22. The topological polar surface area (TPSA) is 62.1 Å². The summed E-state index contributed by atoms with van der Waals surface area (Å²) in [6.45, 7) is 5.28. The number of nitrogens with one attached hydrogen (secondary N) is 1. The van der Waals surface area contributed by atoms with Gasteiger partial charge in [-0.15, -0.1) is 0 Å². The lowest BCUT2D eigenvalue weighted by Crippen LogP contribution is -3.15. The summed E-state index contributed by atoms with van der Waals surface area (Å²) in [4.78, 5) is 16.3. The summed E-state index contributed by atoms with van der Waals surface area (Å²) in [5, 5.41) is 0. The zero-order valence-electron chi connectivity index (χ0n) is 16.8. The summed E-state index contributed by atoms with van der Waals surface area (Å²) < 4.78 is 27.3. The molecule has 2 aromatic rings. The highest BCUT2D eigenvalue weighted by Gasteiger charge is 2.32. The molecule has 29 heavy (non-hydrogen) atoms. The van der Waals surface area contributed by atoms with Gasteiger partial charge in [-0.1, -0.05) is 35.9 Å². The van der Waals surface area contributed by atoms with Crippen LogP contribution in [0.1, 0.15) is 17.5 Å². The molecule has 1 fully saturated rings. The van der Waals surface area contributed by atoms with Gasteiger partial charge in [-0.2, -0.15) is 4.31 Å². The van der Waals surface area contributed by atoms with Crippen molar-refractivity contribution in [2.45, 2.75) is 24.7 Å². The fourth-order valence-electron chi connectivity index (χ4n) is 4.18. The molecule has 2 aromatic carbocycles. The minimum absolute atomic E-state index is 0.127. The average Bonchev–Trinajstić information content (AvgIpc) is 2.74. The Morgan fingerprint density at radius 3 is 2.41 bits per heavy atom. The average molecular weight is 415 g/mol. The zero-order chi connectivity index (χ0) is 20.4. The molecule has 4 rings (SSSR count). The number of piperazine rings is 1. The van der Waals surface area contributed by atoms with Gasteiger partial charge in [0.05, 0.1) is 31.1 Å². The number of para-hydroxylation sites is 1. The number of hydrogen-bond donors (Lipinski definition) is 1. The maximum atomic E-state index is 12.9. The Hall–Kier alpha value is -2.22. The van der Waals surface area contributed by atoms with Crippen LogP contribution >= 0.6 is 0 Å². The largest absolute Gasteiger partial charge is 0.325 e. The van der Waals surface area contributed by atoms with Crippen LogP contribution in [0.25, 0.3) is 0 Å². The highest BCUT2D eigenvalue weighted by Crippen LogP contribution is 2.26. The second kappa shape index (κ2) is 8.26. The van der Waals surface area contributed by atoms with Crippen molar-refractivity contribution in [2.75, 3.05) is 44.2 Å². The molecule has 2 aliphatic heterocycles. The van der Waals surface area contributed by atoms with Crippen LogP contribution in [0.15, 0.2) is 53.4 Å². The van der Waals surface area contributed by atoms with Gasteiger partial charge in [0.15, 0.2) is 6.54 Å². The molecule has 7 heteroatoms. The van der Waals surface area contributed by atoms with Crippen molar-refractivity contribution in [3.05, 3.63) is 59.7 Å². The monoisotopic (exact) mass is 414 g/mol. The van der Waals surface area contributed by atoms with Gasteiger partial charge in [-0.25, -0.2) is 8.42 Å². The predicted octanol–water partition coefficient (Wildman–Crippen LogP) is 0.864. The number of aryl methyl sites for hydroxylation is 2. The molecule has 0 radical (unpaired) electrons. The van der Waals surface area contributed by atoms with Gasteiger partial charge >= 0.3 is 0 Å². The van der Waals surface area contributed by atoms with Gasteiger partial charge in [0.25, 0.3) is 5.91 Å². The van der Waals surface area contributed by atoms with Crippen LogP contribution in [0, 0.1) is 6.92 Å². The van der Waals surface area contributed by atoms with Crippen molar-refractivity contribution in [2.24, 2.45) is 0 Å². The second-order valence-electron chi connectivity index (χ2n) is 7.92. The Labute approximate surface area is 172 Å². The van der Waals surface area contributed by atoms with E-state index < -0.39 is 10.0 Å². The van der Waals surface area contributed by atoms with E-state index in [9.17, 15) is 13.2 Å². The minimum Gasteiger partial charge on any atom is -0.325 e. The number of carbonyl (C=O) groups is 1. The maximum absolute atomic E-state index is 12.9. The number of sulfonamides is 1. The second-order valence-corrected chi connectivity index (χ2v) is 9.86. The Bertz CT molecular complexity index is 981. The molecule has 154 valence electrons. The summed E-state index contributed by atoms with van der Waals surface area (Å²) in [7, 11) is -3.47. The third-order valence-corrected chi connectivity index (χ3v) is 7.81. The highest BCUT2D eigenvalue weighted by molar-refractivity contribution is 7.89. The van der Waals surface area contributed by atoms with Gasteiger partial charge in [-0.05, 0) is 43.5 Å². The van der Waals surface area contributed by atoms with Crippen LogP contribution in [0.2, 0.25) is 0 Å². The lowest BCUT2D eigenvalue weighted by Gasteiger charge is -2.34. The molecule has 1 amide bonds. The van der Waals surface area contributed by atoms with Crippen LogP contribution in [0.3, 0.4) is 0 Å². The van der Waals surface area contributed by atoms with Gasteiger partial charge < -0.3 is 9.80 Å². The molecule has 0 spiro atoms. The van der Waals surface area contributed by atoms with E-state index in [1.807, 2.05) is 42.2 Å². The van der Waals surface area contributed by atoms with Crippen LogP contribution in [0.4, 0.5) is 5.69 Å². The Kier molecular flexibility index (Phi) is 5.72. The fraction of sp³-hybridized carbons (Fsp3) is 0.409. The molecule has 2 aliphatic rings. The van der Waals surface area contributed by atoms with Gasteiger partial charge in [-0.3, -0.25) is 4.79 Å². The first-order chi connectivity index (χ1) is 13.9. The van der Waals surface area contributed by atoms with Crippen molar-refractivity contribution in [1.82, 2.24) is 4.31 Å². The van der Waals surface area contributed by atoms with E-state index in [2.05, 4.69) is 6.07 Å². The summed E-state index contributed by atoms with van der Waals surface area (Å²) in [6, 6.07) is 15.1. The first-order valence-electron chi connectivity index (χ1n) is 10.2. The lowest BCUT2D eigenvalue weighted by atomic mass is 10.0. The van der Waals surface area contributed by atoms with Crippen LogP contribution < -0.4 is 9.80 Å². The smallest absolute Gasteiger partial charge is 0.282 e. The van der Waals surface area contributed by atoms with Crippen molar-refractivity contribution in [1.29, 1.82) is 0 Å². The molecule has 0 atom stereocenters. The standard InChI is InChI=1S/C22H27N3O3S/c1-18-8-10-20(11-9-18)29(27,28)24-15-13-23(14-16-24)17-22(26)25-12-4-6-19-5-2-3-7-21(19)25/h2-3,5,7-11H,4,6,12-17H2,1H3/p+1. The molecule has 0 bridgehead atoms. The van der Waals surface area contributed by atoms with Gasteiger partial charge in [0.1, 0.15) is 0 Å². The van der Waals surface area contributed by atoms with Crippen LogP contribution in [-0.2, 0) is 21.2 Å². The van der Waals surface area contributed by atoms with Crippen molar-refractivity contribution >= 4 is 21.6 Å². The SMILES string of the molecule is Cc1ccc(S(=O)(=O)N2CC[NH+](CC(=O)N3CCCc4ccccc43)CC2)cc1. The normalized spacial score (nSPS) is 18.4. The first-order valence-corrected chi connectivity index (χ1v) is 11.7. The summed E-state index contributed by atoms with van der Waals surface area (Å²) in [5.41, 5.74) is 3.30. The zero-order valence-corrected chi connectivity index (χ0v) is 17.6. The molecule has 0 aromatic heterocycles. The minimum atomic E-state index is -3.47. The van der Waals surface area contributed by atoms with E-state index in [-0.39, 0.29) is 5.91 Å². The summed E-state index contributed by atoms with van der Waals surface area (Å²) >= 11 is 0. The van der Waals surface area contributed by atoms with E-state index in [1.165, 1.54) is 5.56 Å². The van der Waals surface area contributed by atoms with Crippen molar-refractivity contribution in [3.8, 4) is 0 Å². The maximum Gasteiger partial charge on any atom is 0.282 e. The van der Waals surface area contributed by atoms with E-state index in [4.69, 9.17) is 0 Å².